The molecule has 0 unspecified atom stereocenters. The average molecular weight is 519 g/mol. The van der Waals surface area contributed by atoms with Crippen LogP contribution in [0, 0.1) is 0 Å². The van der Waals surface area contributed by atoms with Crippen LogP contribution in [-0.2, 0) is 20.0 Å². The Morgan fingerprint density at radius 2 is 1.91 bits per heavy atom. The van der Waals surface area contributed by atoms with E-state index in [0.717, 1.165) is 13.0 Å². The number of aromatic nitrogens is 6. The van der Waals surface area contributed by atoms with Crippen molar-refractivity contribution < 1.29 is 16.8 Å². The first kappa shape index (κ1) is 23.3. The minimum absolute atomic E-state index is 0.0825. The van der Waals surface area contributed by atoms with Gasteiger partial charge in [-0.1, -0.05) is 18.2 Å². The van der Waals surface area contributed by atoms with Gasteiger partial charge in [0.05, 0.1) is 16.6 Å². The second-order valence-electron chi connectivity index (χ2n) is 8.10. The molecule has 1 saturated heterocycles. The first-order valence-electron chi connectivity index (χ1n) is 10.6. The van der Waals surface area contributed by atoms with Crippen molar-refractivity contribution in [3.63, 3.8) is 0 Å². The van der Waals surface area contributed by atoms with Crippen molar-refractivity contribution in [2.45, 2.75) is 28.7 Å². The number of anilines is 1. The lowest BCUT2D eigenvalue weighted by atomic mass is 9.98. The Kier molecular flexibility index (Phi) is 5.76. The van der Waals surface area contributed by atoms with E-state index in [2.05, 4.69) is 40.6 Å². The molecule has 0 aliphatic carbocycles. The number of nitrogens with two attached hydrogens (primary N) is 2. The molecule has 0 spiro atoms. The maximum atomic E-state index is 13.4. The quantitative estimate of drug-likeness (QED) is 0.195. The number of nitrogens with zero attached hydrogens (tertiary/aromatic N) is 4. The number of fused-ring (bicyclic) bond motifs is 1. The number of primary sulfonamides is 1. The fraction of sp³-hybridized carbons (Fsp3) is 0.263. The van der Waals surface area contributed by atoms with Crippen LogP contribution in [0.3, 0.4) is 0 Å². The van der Waals surface area contributed by atoms with Crippen LogP contribution in [0.15, 0.2) is 40.1 Å². The minimum atomic E-state index is -4.60. The summed E-state index contributed by atoms with van der Waals surface area (Å²) in [5, 5.41) is 22.2. The van der Waals surface area contributed by atoms with Gasteiger partial charge < -0.3 is 16.0 Å². The number of aromatic amines is 2. The Morgan fingerprint density at radius 1 is 1.09 bits per heavy atom. The maximum Gasteiger partial charge on any atom is 0.242 e. The van der Waals surface area contributed by atoms with E-state index in [-0.39, 0.29) is 17.3 Å². The van der Waals surface area contributed by atoms with Gasteiger partial charge in [-0.25, -0.2) is 36.8 Å². The number of nitrogen functional groups attached to an aromatic ring is 1. The molecule has 5 rings (SSSR count). The highest BCUT2D eigenvalue weighted by atomic mass is 32.2. The Morgan fingerprint density at radius 3 is 2.60 bits per heavy atom. The minimum Gasteiger partial charge on any atom is -0.369 e. The number of benzene rings is 2. The molecule has 0 bridgehead atoms. The highest BCUT2D eigenvalue weighted by Gasteiger charge is 2.33. The predicted octanol–water partition coefficient (Wildman–Crippen LogP) is -0.330. The molecule has 1 fully saturated rings. The number of sulfonamides is 2. The summed E-state index contributed by atoms with van der Waals surface area (Å²) < 4.78 is 55.2. The second kappa shape index (κ2) is 8.65. The summed E-state index contributed by atoms with van der Waals surface area (Å²) in [6, 6.07) is 7.43. The molecule has 16 heteroatoms. The lowest BCUT2D eigenvalue weighted by molar-refractivity contribution is 0.428. The van der Waals surface area contributed by atoms with E-state index in [1.807, 2.05) is 0 Å². The Hall–Kier alpha value is -3.44. The fourth-order valence-corrected chi connectivity index (χ4v) is 7.16. The van der Waals surface area contributed by atoms with Gasteiger partial charge in [-0.3, -0.25) is 0 Å². The predicted molar refractivity (Wildman–Crippen MR) is 127 cm³/mol. The van der Waals surface area contributed by atoms with E-state index in [9.17, 15) is 16.8 Å². The maximum absolute atomic E-state index is 13.4. The van der Waals surface area contributed by atoms with E-state index < -0.39 is 35.9 Å². The van der Waals surface area contributed by atoms with Crippen molar-refractivity contribution in [1.82, 2.24) is 40.6 Å². The topological polar surface area (TPSA) is 228 Å². The van der Waals surface area contributed by atoms with Gasteiger partial charge in [0.25, 0.3) is 0 Å². The largest absolute Gasteiger partial charge is 0.369 e. The van der Waals surface area contributed by atoms with Crippen LogP contribution in [0.5, 0.6) is 0 Å². The van der Waals surface area contributed by atoms with Crippen LogP contribution in [-0.4, -0.2) is 66.6 Å². The molecule has 4 aromatic rings. The molecule has 8 N–H and O–H groups in total. The molecule has 3 heterocycles. The summed E-state index contributed by atoms with van der Waals surface area (Å²) in [6.45, 7) is 1.20. The van der Waals surface area contributed by atoms with Crippen molar-refractivity contribution >= 4 is 37.0 Å². The van der Waals surface area contributed by atoms with Crippen LogP contribution in [0.4, 0.5) is 5.95 Å². The third-order valence-corrected chi connectivity index (χ3v) is 8.40. The first-order chi connectivity index (χ1) is 16.6. The highest BCUT2D eigenvalue weighted by Crippen LogP contribution is 2.40. The van der Waals surface area contributed by atoms with E-state index >= 15 is 0 Å². The smallest absolute Gasteiger partial charge is 0.242 e. The van der Waals surface area contributed by atoms with Crippen molar-refractivity contribution in [2.75, 3.05) is 18.8 Å². The molecule has 35 heavy (non-hydrogen) atoms. The molecule has 1 aliphatic rings. The number of piperidine rings is 1. The molecular weight excluding hydrogens is 496 g/mol. The van der Waals surface area contributed by atoms with Gasteiger partial charge in [0.2, 0.25) is 20.0 Å². The van der Waals surface area contributed by atoms with Gasteiger partial charge in [-0.05, 0) is 47.5 Å². The number of hydrogen-bond donors (Lipinski definition) is 6. The van der Waals surface area contributed by atoms with Gasteiger partial charge in [0, 0.05) is 18.2 Å². The van der Waals surface area contributed by atoms with Gasteiger partial charge >= 0.3 is 0 Å². The van der Waals surface area contributed by atoms with Crippen LogP contribution in [0.1, 0.15) is 12.8 Å². The van der Waals surface area contributed by atoms with Crippen LogP contribution < -0.4 is 20.9 Å². The fourth-order valence-electron chi connectivity index (χ4n) is 4.29. The van der Waals surface area contributed by atoms with E-state index in [0.29, 0.717) is 35.1 Å². The molecule has 14 nitrogen and oxygen atoms in total. The number of tetrazole rings is 1. The summed E-state index contributed by atoms with van der Waals surface area (Å²) in [5.41, 5.74) is 7.54. The van der Waals surface area contributed by atoms with E-state index in [1.165, 1.54) is 12.1 Å². The SMILES string of the molecule is Nc1nc2c(-c3ccc(S(=O)(=O)N[C@H]4CCCNC4)c(S(N)(=O)=O)c3-c3nnn[nH]3)cccc2[nH]1. The summed E-state index contributed by atoms with van der Waals surface area (Å²) in [6.07, 6.45) is 1.39. The normalized spacial score (nSPS) is 17.1. The van der Waals surface area contributed by atoms with Gasteiger partial charge in [-0.15, -0.1) is 5.10 Å². The zero-order valence-corrected chi connectivity index (χ0v) is 19.8. The molecular formula is C19H22N10O4S2. The molecule has 2 aromatic carbocycles. The molecule has 0 amide bonds. The van der Waals surface area contributed by atoms with Gasteiger partial charge in [-0.2, -0.15) is 0 Å². The monoisotopic (exact) mass is 518 g/mol. The molecule has 0 saturated carbocycles. The first-order valence-corrected chi connectivity index (χ1v) is 13.6. The standard InChI is InChI=1S/C19H22N10O4S2/c20-19-23-13-5-1-4-12(16(13)24-19)11-6-7-14(35(32,33)27-10-3-2-8-22-9-10)17(34(21,30)31)15(11)18-25-28-29-26-18/h1,4-7,10,22,27H,2-3,8-9H2,(H3,20,23,24)(H2,21,30,31)(H,25,26,28,29)/t10-/m0/s1. The zero-order valence-electron chi connectivity index (χ0n) is 18.2. The molecule has 184 valence electrons. The molecule has 1 aliphatic heterocycles. The van der Waals surface area contributed by atoms with E-state index in [1.54, 1.807) is 18.2 Å². The van der Waals surface area contributed by atoms with Gasteiger partial charge in [0.15, 0.2) is 11.8 Å². The summed E-state index contributed by atoms with van der Waals surface area (Å²) in [4.78, 5) is 6.07. The van der Waals surface area contributed by atoms with Crippen LogP contribution in [0.2, 0.25) is 0 Å². The van der Waals surface area contributed by atoms with Crippen molar-refractivity contribution in [2.24, 2.45) is 5.14 Å². The Balaban J connectivity index is 1.79. The third kappa shape index (κ3) is 4.37. The third-order valence-electron chi connectivity index (χ3n) is 5.72. The number of H-pyrrole nitrogens is 2. The zero-order chi connectivity index (χ0) is 24.8. The summed E-state index contributed by atoms with van der Waals surface area (Å²) in [5.74, 6) is 0.0763. The van der Waals surface area contributed by atoms with Crippen LogP contribution in [0.25, 0.3) is 33.5 Å². The number of nitrogens with one attached hydrogen (secondary N) is 4. The Bertz CT molecular complexity index is 1610. The van der Waals surface area contributed by atoms with E-state index in [4.69, 9.17) is 10.9 Å². The highest BCUT2D eigenvalue weighted by molar-refractivity contribution is 7.92. The van der Waals surface area contributed by atoms with Crippen molar-refractivity contribution in [3.05, 3.63) is 30.3 Å². The number of imidazole rings is 1. The van der Waals surface area contributed by atoms with Gasteiger partial charge in [0.1, 0.15) is 9.79 Å². The number of hydrogen-bond acceptors (Lipinski definition) is 10. The summed E-state index contributed by atoms with van der Waals surface area (Å²) in [7, 11) is -8.89. The Labute approximate surface area is 200 Å². The summed E-state index contributed by atoms with van der Waals surface area (Å²) >= 11 is 0. The second-order valence-corrected chi connectivity index (χ2v) is 11.3. The number of para-hydroxylation sites is 1. The average Bonchev–Trinajstić information content (AvgIpc) is 3.46. The lowest BCUT2D eigenvalue weighted by Gasteiger charge is -2.24. The van der Waals surface area contributed by atoms with Crippen molar-refractivity contribution in [3.8, 4) is 22.5 Å². The van der Waals surface area contributed by atoms with Crippen LogP contribution >= 0.6 is 0 Å². The van der Waals surface area contributed by atoms with Crippen molar-refractivity contribution in [1.29, 1.82) is 0 Å². The molecule has 1 atom stereocenters. The number of rotatable bonds is 6. The molecule has 2 aromatic heterocycles. The lowest BCUT2D eigenvalue weighted by Crippen LogP contribution is -2.45. The molecule has 0 radical (unpaired) electrons.